The number of halogens is 1. The largest absolute Gasteiger partial charge is 0.344 e. The van der Waals surface area contributed by atoms with Gasteiger partial charge in [0.2, 0.25) is 0 Å². The quantitative estimate of drug-likeness (QED) is 0.751. The molecule has 3 aromatic rings. The summed E-state index contributed by atoms with van der Waals surface area (Å²) in [5, 5.41) is 10.6. The van der Waals surface area contributed by atoms with Gasteiger partial charge < -0.3 is 9.84 Å². The highest BCUT2D eigenvalue weighted by Crippen LogP contribution is 2.08. The van der Waals surface area contributed by atoms with Crippen molar-refractivity contribution in [1.82, 2.24) is 25.2 Å². The van der Waals surface area contributed by atoms with Gasteiger partial charge in [-0.3, -0.25) is 9.48 Å². The molecule has 1 N–H and O–H groups in total. The maximum absolute atomic E-state index is 12.0. The Morgan fingerprint density at radius 3 is 2.86 bits per heavy atom. The van der Waals surface area contributed by atoms with Crippen LogP contribution in [-0.4, -0.2) is 25.8 Å². The highest BCUT2D eigenvalue weighted by Gasteiger charge is 2.15. The summed E-state index contributed by atoms with van der Waals surface area (Å²) >= 11 is 3.30. The van der Waals surface area contributed by atoms with Crippen molar-refractivity contribution in [3.63, 3.8) is 0 Å². The third-order valence-electron chi connectivity index (χ3n) is 2.86. The number of nitrogens with one attached hydrogen (secondary N) is 1. The number of amides is 1. The first-order valence-corrected chi connectivity index (χ1v) is 7.32. The van der Waals surface area contributed by atoms with Gasteiger partial charge in [0.1, 0.15) is 6.54 Å². The molecule has 0 saturated heterocycles. The summed E-state index contributed by atoms with van der Waals surface area (Å²) in [5.41, 5.74) is 0.997. The van der Waals surface area contributed by atoms with Gasteiger partial charge in [0.05, 0.1) is 10.7 Å². The van der Waals surface area contributed by atoms with Crippen LogP contribution in [0.4, 0.5) is 0 Å². The predicted molar refractivity (Wildman–Crippen MR) is 80.9 cm³/mol. The van der Waals surface area contributed by atoms with Crippen molar-refractivity contribution in [2.75, 3.05) is 0 Å². The average Bonchev–Trinajstić information content (AvgIpc) is 3.16. The first-order chi connectivity index (χ1) is 10.7. The topological polar surface area (TPSA) is 85.8 Å². The van der Waals surface area contributed by atoms with Crippen molar-refractivity contribution in [3.8, 4) is 0 Å². The molecule has 0 atom stereocenters. The molecule has 1 aromatic carbocycles. The zero-order valence-electron chi connectivity index (χ0n) is 11.4. The Morgan fingerprint density at radius 2 is 2.14 bits per heavy atom. The molecule has 112 valence electrons. The molecule has 0 bridgehead atoms. The van der Waals surface area contributed by atoms with E-state index in [9.17, 15) is 4.79 Å². The van der Waals surface area contributed by atoms with Crippen molar-refractivity contribution in [2.24, 2.45) is 0 Å². The molecular formula is C14H12BrN5O2. The minimum absolute atomic E-state index is 0.0582. The minimum Gasteiger partial charge on any atom is -0.344 e. The van der Waals surface area contributed by atoms with Crippen molar-refractivity contribution in [2.45, 2.75) is 13.1 Å². The second-order valence-electron chi connectivity index (χ2n) is 4.54. The van der Waals surface area contributed by atoms with E-state index in [0.29, 0.717) is 18.9 Å². The zero-order valence-corrected chi connectivity index (χ0v) is 13.0. The van der Waals surface area contributed by atoms with Gasteiger partial charge in [-0.25, -0.2) is 0 Å². The van der Waals surface area contributed by atoms with Crippen LogP contribution in [-0.2, 0) is 13.1 Å². The SMILES string of the molecule is O=C(NCc1ccccc1)c1nc(Cn2cc(Br)cn2)no1. The van der Waals surface area contributed by atoms with Crippen LogP contribution in [0.25, 0.3) is 0 Å². The monoisotopic (exact) mass is 361 g/mol. The number of aromatic nitrogens is 4. The molecule has 7 nitrogen and oxygen atoms in total. The maximum atomic E-state index is 12.0. The fourth-order valence-corrected chi connectivity index (χ4v) is 2.16. The van der Waals surface area contributed by atoms with Crippen LogP contribution >= 0.6 is 15.9 Å². The van der Waals surface area contributed by atoms with Crippen molar-refractivity contribution in [1.29, 1.82) is 0 Å². The van der Waals surface area contributed by atoms with E-state index >= 15 is 0 Å². The summed E-state index contributed by atoms with van der Waals surface area (Å²) in [6, 6.07) is 9.59. The molecular weight excluding hydrogens is 350 g/mol. The third kappa shape index (κ3) is 3.59. The Bertz CT molecular complexity index is 768. The van der Waals surface area contributed by atoms with Gasteiger partial charge in [0.25, 0.3) is 0 Å². The molecule has 0 aliphatic heterocycles. The summed E-state index contributed by atoms with van der Waals surface area (Å²) in [7, 11) is 0. The van der Waals surface area contributed by atoms with Crippen LogP contribution < -0.4 is 5.32 Å². The Morgan fingerprint density at radius 1 is 1.32 bits per heavy atom. The predicted octanol–water partition coefficient (Wildman–Crippen LogP) is 2.01. The number of rotatable bonds is 5. The van der Waals surface area contributed by atoms with Gasteiger partial charge in [-0.05, 0) is 21.5 Å². The van der Waals surface area contributed by atoms with Crippen LogP contribution in [0.3, 0.4) is 0 Å². The van der Waals surface area contributed by atoms with Crippen molar-refractivity contribution < 1.29 is 9.32 Å². The highest BCUT2D eigenvalue weighted by molar-refractivity contribution is 9.10. The molecule has 0 spiro atoms. The molecule has 1 amide bonds. The van der Waals surface area contributed by atoms with Crippen LogP contribution in [0.15, 0.2) is 51.7 Å². The van der Waals surface area contributed by atoms with E-state index in [0.717, 1.165) is 10.0 Å². The van der Waals surface area contributed by atoms with E-state index < -0.39 is 5.91 Å². The van der Waals surface area contributed by atoms with E-state index in [-0.39, 0.29) is 5.89 Å². The Hall–Kier alpha value is -2.48. The minimum atomic E-state index is -0.399. The summed E-state index contributed by atoms with van der Waals surface area (Å²) < 4.78 is 7.47. The lowest BCUT2D eigenvalue weighted by molar-refractivity contribution is 0.0907. The van der Waals surface area contributed by atoms with E-state index in [4.69, 9.17) is 4.52 Å². The first-order valence-electron chi connectivity index (χ1n) is 6.53. The molecule has 2 heterocycles. The van der Waals surface area contributed by atoms with Gasteiger partial charge >= 0.3 is 11.8 Å². The molecule has 3 rings (SSSR count). The van der Waals surface area contributed by atoms with Gasteiger partial charge in [0.15, 0.2) is 5.82 Å². The molecule has 0 radical (unpaired) electrons. The van der Waals surface area contributed by atoms with E-state index in [2.05, 4.69) is 36.5 Å². The molecule has 2 aromatic heterocycles. The van der Waals surface area contributed by atoms with E-state index in [1.807, 2.05) is 30.3 Å². The molecule has 0 unspecified atom stereocenters. The zero-order chi connectivity index (χ0) is 15.4. The molecule has 0 fully saturated rings. The lowest BCUT2D eigenvalue weighted by Crippen LogP contribution is -2.23. The number of carbonyl (C=O) groups excluding carboxylic acids is 1. The number of carbonyl (C=O) groups is 1. The first kappa shape index (κ1) is 14.5. The van der Waals surface area contributed by atoms with E-state index in [1.54, 1.807) is 17.1 Å². The molecule has 22 heavy (non-hydrogen) atoms. The normalized spacial score (nSPS) is 10.6. The summed E-state index contributed by atoms with van der Waals surface area (Å²) in [6.45, 7) is 0.741. The highest BCUT2D eigenvalue weighted by atomic mass is 79.9. The average molecular weight is 362 g/mol. The lowest BCUT2D eigenvalue weighted by atomic mass is 10.2. The number of nitrogens with zero attached hydrogens (tertiary/aromatic N) is 4. The fraction of sp³-hybridized carbons (Fsp3) is 0.143. The second kappa shape index (κ2) is 6.52. The van der Waals surface area contributed by atoms with Crippen LogP contribution in [0.2, 0.25) is 0 Å². The molecule has 0 aliphatic rings. The standard InChI is InChI=1S/C14H12BrN5O2/c15-11-7-17-20(8-11)9-12-18-14(22-19-12)13(21)16-6-10-4-2-1-3-5-10/h1-5,7-8H,6,9H2,(H,16,21). The third-order valence-corrected chi connectivity index (χ3v) is 3.27. The van der Waals surface area contributed by atoms with Crippen LogP contribution in [0.1, 0.15) is 22.1 Å². The Balaban J connectivity index is 1.59. The lowest BCUT2D eigenvalue weighted by Gasteiger charge is -2.01. The molecule has 8 heteroatoms. The van der Waals surface area contributed by atoms with Gasteiger partial charge in [-0.15, -0.1) is 0 Å². The maximum Gasteiger partial charge on any atom is 0.316 e. The van der Waals surface area contributed by atoms with E-state index in [1.165, 1.54) is 0 Å². The molecule has 0 saturated carbocycles. The number of hydrogen-bond donors (Lipinski definition) is 1. The second-order valence-corrected chi connectivity index (χ2v) is 5.46. The van der Waals surface area contributed by atoms with Crippen molar-refractivity contribution in [3.05, 3.63) is 64.5 Å². The smallest absolute Gasteiger partial charge is 0.316 e. The van der Waals surface area contributed by atoms with Gasteiger partial charge in [-0.2, -0.15) is 10.1 Å². The molecule has 0 aliphatic carbocycles. The fourth-order valence-electron chi connectivity index (χ4n) is 1.83. The Kier molecular flexibility index (Phi) is 4.29. The summed E-state index contributed by atoms with van der Waals surface area (Å²) in [5.74, 6) is -0.0677. The van der Waals surface area contributed by atoms with Crippen LogP contribution in [0.5, 0.6) is 0 Å². The van der Waals surface area contributed by atoms with Gasteiger partial charge in [-0.1, -0.05) is 35.5 Å². The number of hydrogen-bond acceptors (Lipinski definition) is 5. The summed E-state index contributed by atoms with van der Waals surface area (Å²) in [4.78, 5) is 16.0. The summed E-state index contributed by atoms with van der Waals surface area (Å²) in [6.07, 6.45) is 3.44. The van der Waals surface area contributed by atoms with Crippen LogP contribution in [0, 0.1) is 0 Å². The number of benzene rings is 1. The Labute approximate surface area is 134 Å². The van der Waals surface area contributed by atoms with Gasteiger partial charge in [0, 0.05) is 12.7 Å². The van der Waals surface area contributed by atoms with Crippen molar-refractivity contribution >= 4 is 21.8 Å².